The average Bonchev–Trinajstić information content (AvgIpc) is 3.09. The first-order chi connectivity index (χ1) is 14.9. The molecule has 1 saturated heterocycles. The van der Waals surface area contributed by atoms with Gasteiger partial charge in [0.25, 0.3) is 0 Å². The molecule has 0 unspecified atom stereocenters. The van der Waals surface area contributed by atoms with Crippen molar-refractivity contribution in [2.45, 2.75) is 32.4 Å². The third kappa shape index (κ3) is 4.78. The van der Waals surface area contributed by atoms with Crippen molar-refractivity contribution in [2.24, 2.45) is 0 Å². The number of nitriles is 1. The fourth-order valence-electron chi connectivity index (χ4n) is 3.62. The van der Waals surface area contributed by atoms with E-state index in [2.05, 4.69) is 35.9 Å². The lowest BCUT2D eigenvalue weighted by Gasteiger charge is -2.50. The molecule has 0 saturated carbocycles. The molecule has 1 aliphatic rings. The summed E-state index contributed by atoms with van der Waals surface area (Å²) in [5.41, 5.74) is 1.87. The summed E-state index contributed by atoms with van der Waals surface area (Å²) in [6.45, 7) is 5.22. The minimum atomic E-state index is -0.617. The van der Waals surface area contributed by atoms with Crippen molar-refractivity contribution >= 4 is 28.3 Å². The molecular weight excluding hydrogens is 420 g/mol. The number of nitrogens with one attached hydrogen (secondary N) is 2. The fourth-order valence-corrected chi connectivity index (χ4v) is 4.28. The van der Waals surface area contributed by atoms with Gasteiger partial charge in [0, 0.05) is 37.5 Å². The molecule has 1 aliphatic heterocycles. The Hall–Kier alpha value is -3.16. The summed E-state index contributed by atoms with van der Waals surface area (Å²) in [6.07, 6.45) is 2.03. The Bertz CT molecular complexity index is 1110. The lowest BCUT2D eigenvalue weighted by Crippen LogP contribution is -2.69. The first-order valence-corrected chi connectivity index (χ1v) is 10.5. The minimum absolute atomic E-state index is 0.268. The van der Waals surface area contributed by atoms with Crippen molar-refractivity contribution in [3.63, 3.8) is 0 Å². The number of aromatic nitrogens is 3. The Kier molecular flexibility index (Phi) is 5.80. The Morgan fingerprint density at radius 3 is 2.58 bits per heavy atom. The maximum absolute atomic E-state index is 13.5. The highest BCUT2D eigenvalue weighted by Gasteiger charge is 2.43. The smallest absolute Gasteiger partial charge is 0.229 e. The largest absolute Gasteiger partial charge is 0.352 e. The topological polar surface area (TPSA) is 89.8 Å². The van der Waals surface area contributed by atoms with Crippen LogP contribution in [0.15, 0.2) is 30.5 Å². The molecule has 7 nitrogen and oxygen atoms in total. The van der Waals surface area contributed by atoms with Gasteiger partial charge in [0.05, 0.1) is 23.7 Å². The summed E-state index contributed by atoms with van der Waals surface area (Å²) >= 11 is 1.34. The molecule has 1 aromatic carbocycles. The highest BCUT2D eigenvalue weighted by Crippen LogP contribution is 2.32. The van der Waals surface area contributed by atoms with Gasteiger partial charge in [-0.25, -0.2) is 13.8 Å². The number of halogens is 2. The molecule has 10 heteroatoms. The predicted octanol–water partition coefficient (Wildman–Crippen LogP) is 3.83. The molecule has 0 aliphatic carbocycles. The van der Waals surface area contributed by atoms with Gasteiger partial charge in [-0.15, -0.1) is 0 Å². The second kappa shape index (κ2) is 8.53. The predicted molar refractivity (Wildman–Crippen MR) is 115 cm³/mol. The van der Waals surface area contributed by atoms with Gasteiger partial charge in [-0.3, -0.25) is 0 Å². The molecule has 0 atom stereocenters. The van der Waals surface area contributed by atoms with Crippen LogP contribution in [0.4, 0.5) is 25.5 Å². The number of rotatable bonds is 7. The number of nitrogens with zero attached hydrogens (tertiary/aromatic N) is 5. The van der Waals surface area contributed by atoms with Crippen LogP contribution in [0.5, 0.6) is 0 Å². The van der Waals surface area contributed by atoms with E-state index in [1.165, 1.54) is 23.7 Å². The molecule has 0 amide bonds. The average molecular weight is 442 g/mol. The maximum Gasteiger partial charge on any atom is 0.229 e. The minimum Gasteiger partial charge on any atom is -0.352 e. The van der Waals surface area contributed by atoms with E-state index in [4.69, 9.17) is 0 Å². The van der Waals surface area contributed by atoms with Crippen LogP contribution in [0, 0.1) is 36.8 Å². The monoisotopic (exact) mass is 441 g/mol. The van der Waals surface area contributed by atoms with Gasteiger partial charge in [0.1, 0.15) is 22.5 Å². The van der Waals surface area contributed by atoms with E-state index in [0.29, 0.717) is 24.6 Å². The van der Waals surface area contributed by atoms with Crippen LogP contribution < -0.4 is 15.5 Å². The van der Waals surface area contributed by atoms with Crippen LogP contribution in [0.25, 0.3) is 0 Å². The number of benzene rings is 1. The van der Waals surface area contributed by atoms with Gasteiger partial charge in [-0.2, -0.15) is 14.6 Å². The molecule has 4 rings (SSSR count). The molecule has 31 heavy (non-hydrogen) atoms. The van der Waals surface area contributed by atoms with Crippen molar-refractivity contribution in [3.05, 3.63) is 58.9 Å². The standard InChI is InChI=1S/C21H21F2N7S/c1-13-9-25-20(27-18-5-14(2)29-31-18)28-19(13)30-11-21(12-30,3-4-24)26-10-15-6-16(22)8-17(23)7-15/h5-9,26H,3,10-12H2,1-2H3,(H,25,27,28). The normalized spacial score (nSPS) is 14.7. The molecule has 3 heterocycles. The number of aryl methyl sites for hydroxylation is 2. The van der Waals surface area contributed by atoms with Crippen LogP contribution in [-0.2, 0) is 6.54 Å². The van der Waals surface area contributed by atoms with E-state index in [1.54, 1.807) is 6.20 Å². The Morgan fingerprint density at radius 2 is 1.94 bits per heavy atom. The van der Waals surface area contributed by atoms with Crippen molar-refractivity contribution in [2.75, 3.05) is 23.3 Å². The SMILES string of the molecule is Cc1cc(Nc2ncc(C)c(N3CC(CC#N)(NCc4cc(F)cc(F)c4)C3)n2)sn1. The lowest BCUT2D eigenvalue weighted by atomic mass is 9.86. The van der Waals surface area contributed by atoms with Crippen LogP contribution in [-0.4, -0.2) is 33.0 Å². The summed E-state index contributed by atoms with van der Waals surface area (Å²) in [6, 6.07) is 7.57. The zero-order valence-corrected chi connectivity index (χ0v) is 17.9. The Morgan fingerprint density at radius 1 is 1.19 bits per heavy atom. The third-order valence-corrected chi connectivity index (χ3v) is 5.90. The molecule has 0 bridgehead atoms. The third-order valence-electron chi connectivity index (χ3n) is 5.10. The van der Waals surface area contributed by atoms with E-state index in [9.17, 15) is 14.0 Å². The number of hydrogen-bond donors (Lipinski definition) is 2. The molecule has 2 N–H and O–H groups in total. The number of hydrogen-bond acceptors (Lipinski definition) is 8. The van der Waals surface area contributed by atoms with Crippen molar-refractivity contribution in [3.8, 4) is 6.07 Å². The van der Waals surface area contributed by atoms with E-state index in [0.717, 1.165) is 28.1 Å². The van der Waals surface area contributed by atoms with Gasteiger partial charge in [-0.1, -0.05) is 0 Å². The zero-order valence-electron chi connectivity index (χ0n) is 17.1. The molecule has 160 valence electrons. The van der Waals surface area contributed by atoms with E-state index in [-0.39, 0.29) is 13.0 Å². The van der Waals surface area contributed by atoms with Gasteiger partial charge in [-0.05, 0) is 49.1 Å². The summed E-state index contributed by atoms with van der Waals surface area (Å²) in [5.74, 6) is 0.0272. The first-order valence-electron chi connectivity index (χ1n) is 9.72. The van der Waals surface area contributed by atoms with Crippen LogP contribution in [0.3, 0.4) is 0 Å². The van der Waals surface area contributed by atoms with Crippen LogP contribution >= 0.6 is 11.5 Å². The molecule has 0 radical (unpaired) electrons. The second-order valence-corrected chi connectivity index (χ2v) is 8.57. The van der Waals surface area contributed by atoms with Crippen molar-refractivity contribution in [1.82, 2.24) is 19.7 Å². The van der Waals surface area contributed by atoms with Gasteiger partial charge in [0.15, 0.2) is 0 Å². The van der Waals surface area contributed by atoms with E-state index >= 15 is 0 Å². The molecular formula is C21H21F2N7S. The van der Waals surface area contributed by atoms with E-state index in [1.807, 2.05) is 19.9 Å². The first kappa shape index (κ1) is 21.1. The molecule has 0 spiro atoms. The summed E-state index contributed by atoms with van der Waals surface area (Å²) in [7, 11) is 0. The Labute approximate surface area is 182 Å². The number of anilines is 3. The molecule has 3 aromatic rings. The lowest BCUT2D eigenvalue weighted by molar-refractivity contribution is 0.256. The maximum atomic E-state index is 13.5. The van der Waals surface area contributed by atoms with E-state index < -0.39 is 17.2 Å². The fraction of sp³-hybridized carbons (Fsp3) is 0.333. The van der Waals surface area contributed by atoms with Crippen molar-refractivity contribution < 1.29 is 8.78 Å². The van der Waals surface area contributed by atoms with Crippen molar-refractivity contribution in [1.29, 1.82) is 5.26 Å². The summed E-state index contributed by atoms with van der Waals surface area (Å²) in [4.78, 5) is 11.0. The molecule has 2 aromatic heterocycles. The van der Waals surface area contributed by atoms with Gasteiger partial charge >= 0.3 is 0 Å². The van der Waals surface area contributed by atoms with Gasteiger partial charge in [0.2, 0.25) is 5.95 Å². The molecule has 1 fully saturated rings. The summed E-state index contributed by atoms with van der Waals surface area (Å²) < 4.78 is 31.2. The second-order valence-electron chi connectivity index (χ2n) is 7.76. The summed E-state index contributed by atoms with van der Waals surface area (Å²) in [5, 5.41) is 16.6. The van der Waals surface area contributed by atoms with Gasteiger partial charge < -0.3 is 15.5 Å². The highest BCUT2D eigenvalue weighted by atomic mass is 32.1. The van der Waals surface area contributed by atoms with Crippen LogP contribution in [0.2, 0.25) is 0 Å². The Balaban J connectivity index is 1.45. The highest BCUT2D eigenvalue weighted by molar-refractivity contribution is 7.10. The quantitative estimate of drug-likeness (QED) is 0.576. The zero-order chi connectivity index (χ0) is 22.0. The van der Waals surface area contributed by atoms with Crippen LogP contribution in [0.1, 0.15) is 23.2 Å².